The van der Waals surface area contributed by atoms with Crippen LogP contribution in [0.4, 0.5) is 8.78 Å². The van der Waals surface area contributed by atoms with E-state index in [1.807, 2.05) is 26.0 Å². The molecule has 0 atom stereocenters. The quantitative estimate of drug-likeness (QED) is 0.622. The van der Waals surface area contributed by atoms with E-state index < -0.39 is 6.61 Å². The van der Waals surface area contributed by atoms with E-state index in [1.165, 1.54) is 0 Å². The van der Waals surface area contributed by atoms with Crippen molar-refractivity contribution in [1.82, 2.24) is 15.6 Å². The molecule has 0 unspecified atom stereocenters. The van der Waals surface area contributed by atoms with Crippen LogP contribution in [0.2, 0.25) is 0 Å². The lowest BCUT2D eigenvalue weighted by molar-refractivity contribution is -0.0504. The van der Waals surface area contributed by atoms with Gasteiger partial charge in [-0.3, -0.25) is 9.98 Å². The van der Waals surface area contributed by atoms with Gasteiger partial charge in [0.25, 0.3) is 0 Å². The van der Waals surface area contributed by atoms with Crippen molar-refractivity contribution in [3.63, 3.8) is 0 Å². The van der Waals surface area contributed by atoms with Gasteiger partial charge in [0.05, 0.1) is 12.2 Å². The SMILES string of the molecule is CN=C(NCc1cc(C)ccc1OC(F)F)NCc1ncccc1C. The number of pyridine rings is 1. The third-order valence-corrected chi connectivity index (χ3v) is 3.64. The standard InChI is InChI=1S/C18H22F2N4O/c1-12-6-7-16(25-17(19)20)14(9-12)10-23-18(21-3)24-11-15-13(2)5-4-8-22-15/h4-9,17H,10-11H2,1-3H3,(H2,21,23,24). The highest BCUT2D eigenvalue weighted by molar-refractivity contribution is 5.79. The molecule has 2 aromatic rings. The Morgan fingerprint density at radius 3 is 2.64 bits per heavy atom. The number of ether oxygens (including phenoxy) is 1. The Labute approximate surface area is 146 Å². The molecule has 0 radical (unpaired) electrons. The number of hydrogen-bond acceptors (Lipinski definition) is 3. The van der Waals surface area contributed by atoms with E-state index in [1.54, 1.807) is 31.4 Å². The second-order valence-corrected chi connectivity index (χ2v) is 5.54. The molecule has 0 spiro atoms. The van der Waals surface area contributed by atoms with Crippen LogP contribution in [0.3, 0.4) is 0 Å². The molecule has 0 saturated heterocycles. The van der Waals surface area contributed by atoms with Crippen LogP contribution < -0.4 is 15.4 Å². The maximum absolute atomic E-state index is 12.5. The zero-order chi connectivity index (χ0) is 18.2. The minimum atomic E-state index is -2.86. The Bertz CT molecular complexity index is 735. The van der Waals surface area contributed by atoms with Crippen LogP contribution in [-0.4, -0.2) is 24.6 Å². The average molecular weight is 348 g/mol. The van der Waals surface area contributed by atoms with Crippen molar-refractivity contribution in [2.75, 3.05) is 7.05 Å². The Morgan fingerprint density at radius 1 is 1.20 bits per heavy atom. The zero-order valence-corrected chi connectivity index (χ0v) is 14.5. The summed E-state index contributed by atoms with van der Waals surface area (Å²) in [6.07, 6.45) is 1.74. The predicted octanol–water partition coefficient (Wildman–Crippen LogP) is 3.17. The molecule has 1 heterocycles. The van der Waals surface area contributed by atoms with Gasteiger partial charge in [-0.05, 0) is 31.5 Å². The molecule has 2 N–H and O–H groups in total. The molecule has 7 heteroatoms. The minimum absolute atomic E-state index is 0.157. The molecule has 0 bridgehead atoms. The van der Waals surface area contributed by atoms with Crippen LogP contribution in [0, 0.1) is 13.8 Å². The highest BCUT2D eigenvalue weighted by Gasteiger charge is 2.10. The number of aryl methyl sites for hydroxylation is 2. The highest BCUT2D eigenvalue weighted by Crippen LogP contribution is 2.21. The zero-order valence-electron chi connectivity index (χ0n) is 14.5. The summed E-state index contributed by atoms with van der Waals surface area (Å²) in [6.45, 7) is 1.85. The van der Waals surface area contributed by atoms with E-state index in [0.717, 1.165) is 16.8 Å². The largest absolute Gasteiger partial charge is 0.434 e. The van der Waals surface area contributed by atoms with Gasteiger partial charge in [-0.15, -0.1) is 0 Å². The van der Waals surface area contributed by atoms with E-state index in [2.05, 4.69) is 25.3 Å². The molecule has 0 fully saturated rings. The Morgan fingerprint density at radius 2 is 1.96 bits per heavy atom. The number of guanidine groups is 1. The lowest BCUT2D eigenvalue weighted by Gasteiger charge is -2.15. The van der Waals surface area contributed by atoms with Crippen molar-refractivity contribution in [3.8, 4) is 5.75 Å². The molecular weight excluding hydrogens is 326 g/mol. The number of alkyl halides is 2. The number of aliphatic imine (C=N–C) groups is 1. The van der Waals surface area contributed by atoms with Crippen LogP contribution in [0.5, 0.6) is 5.75 Å². The first-order chi connectivity index (χ1) is 12.0. The molecule has 1 aromatic heterocycles. The summed E-state index contributed by atoms with van der Waals surface area (Å²) < 4.78 is 29.6. The number of rotatable bonds is 6. The number of benzene rings is 1. The summed E-state index contributed by atoms with van der Waals surface area (Å²) in [5, 5.41) is 6.26. The molecule has 0 amide bonds. The lowest BCUT2D eigenvalue weighted by Crippen LogP contribution is -2.36. The molecule has 134 valence electrons. The van der Waals surface area contributed by atoms with Crippen molar-refractivity contribution in [2.45, 2.75) is 33.5 Å². The van der Waals surface area contributed by atoms with E-state index in [4.69, 9.17) is 0 Å². The fraction of sp³-hybridized carbons (Fsp3) is 0.333. The number of aromatic nitrogens is 1. The van der Waals surface area contributed by atoms with E-state index >= 15 is 0 Å². The third kappa shape index (κ3) is 5.70. The Kier molecular flexibility index (Phi) is 6.68. The highest BCUT2D eigenvalue weighted by atomic mass is 19.3. The second kappa shape index (κ2) is 8.96. The van der Waals surface area contributed by atoms with Gasteiger partial charge in [0, 0.05) is 25.4 Å². The molecule has 0 aliphatic rings. The summed E-state index contributed by atoms with van der Waals surface area (Å²) in [6, 6.07) is 8.96. The first-order valence-corrected chi connectivity index (χ1v) is 7.89. The first kappa shape index (κ1) is 18.6. The van der Waals surface area contributed by atoms with Gasteiger partial charge < -0.3 is 15.4 Å². The molecule has 0 saturated carbocycles. The smallest absolute Gasteiger partial charge is 0.387 e. The number of hydrogen-bond donors (Lipinski definition) is 2. The van der Waals surface area contributed by atoms with Crippen molar-refractivity contribution in [3.05, 3.63) is 58.9 Å². The third-order valence-electron chi connectivity index (χ3n) is 3.64. The fourth-order valence-electron chi connectivity index (χ4n) is 2.33. The van der Waals surface area contributed by atoms with Gasteiger partial charge in [-0.1, -0.05) is 23.8 Å². The Balaban J connectivity index is 1.99. The molecule has 5 nitrogen and oxygen atoms in total. The maximum Gasteiger partial charge on any atom is 0.387 e. The molecule has 2 rings (SSSR count). The second-order valence-electron chi connectivity index (χ2n) is 5.54. The average Bonchev–Trinajstić information content (AvgIpc) is 2.58. The number of halogens is 2. The molecular formula is C18H22F2N4O. The monoisotopic (exact) mass is 348 g/mol. The van der Waals surface area contributed by atoms with Crippen molar-refractivity contribution in [2.24, 2.45) is 4.99 Å². The van der Waals surface area contributed by atoms with Gasteiger partial charge in [0.2, 0.25) is 0 Å². The molecule has 1 aromatic carbocycles. The van der Waals surface area contributed by atoms with E-state index in [0.29, 0.717) is 24.6 Å². The molecule has 0 aliphatic carbocycles. The van der Waals surface area contributed by atoms with E-state index in [9.17, 15) is 8.78 Å². The van der Waals surface area contributed by atoms with Gasteiger partial charge in [0.1, 0.15) is 5.75 Å². The van der Waals surface area contributed by atoms with Crippen LogP contribution in [0.15, 0.2) is 41.5 Å². The molecule has 25 heavy (non-hydrogen) atoms. The summed E-state index contributed by atoms with van der Waals surface area (Å²) >= 11 is 0. The topological polar surface area (TPSA) is 58.5 Å². The fourth-order valence-corrected chi connectivity index (χ4v) is 2.33. The van der Waals surface area contributed by atoms with Gasteiger partial charge in [-0.25, -0.2) is 0 Å². The number of nitrogens with one attached hydrogen (secondary N) is 2. The summed E-state index contributed by atoms with van der Waals surface area (Å²) in [5.74, 6) is 0.707. The van der Waals surface area contributed by atoms with Gasteiger partial charge in [-0.2, -0.15) is 8.78 Å². The normalized spacial score (nSPS) is 11.5. The van der Waals surface area contributed by atoms with Crippen LogP contribution in [-0.2, 0) is 13.1 Å². The number of nitrogens with zero attached hydrogens (tertiary/aromatic N) is 2. The van der Waals surface area contributed by atoms with Gasteiger partial charge >= 0.3 is 6.61 Å². The summed E-state index contributed by atoms with van der Waals surface area (Å²) in [4.78, 5) is 8.45. The van der Waals surface area contributed by atoms with Crippen LogP contribution in [0.25, 0.3) is 0 Å². The Hall–Kier alpha value is -2.70. The van der Waals surface area contributed by atoms with Gasteiger partial charge in [0.15, 0.2) is 5.96 Å². The minimum Gasteiger partial charge on any atom is -0.434 e. The van der Waals surface area contributed by atoms with E-state index in [-0.39, 0.29) is 5.75 Å². The van der Waals surface area contributed by atoms with Crippen LogP contribution >= 0.6 is 0 Å². The van der Waals surface area contributed by atoms with Crippen LogP contribution in [0.1, 0.15) is 22.4 Å². The maximum atomic E-state index is 12.5. The summed E-state index contributed by atoms with van der Waals surface area (Å²) in [5.41, 5.74) is 3.60. The predicted molar refractivity (Wildman–Crippen MR) is 93.8 cm³/mol. The van der Waals surface area contributed by atoms with Crippen molar-refractivity contribution in [1.29, 1.82) is 0 Å². The summed E-state index contributed by atoms with van der Waals surface area (Å²) in [7, 11) is 1.65. The van der Waals surface area contributed by atoms with Crippen molar-refractivity contribution >= 4 is 5.96 Å². The van der Waals surface area contributed by atoms with Crippen molar-refractivity contribution < 1.29 is 13.5 Å². The first-order valence-electron chi connectivity index (χ1n) is 7.89. The molecule has 0 aliphatic heterocycles. The lowest BCUT2D eigenvalue weighted by atomic mass is 10.1.